The molecule has 0 aliphatic carbocycles. The van der Waals surface area contributed by atoms with Gasteiger partial charge in [-0.2, -0.15) is 0 Å². The SMILES string of the molecule is COc1cccc(-c2nc(CSCC(=O)Nc3ccc(C(=O)N(C)C)cc3)cs2)c1. The van der Waals surface area contributed by atoms with Gasteiger partial charge in [-0.1, -0.05) is 12.1 Å². The number of amides is 2. The van der Waals surface area contributed by atoms with E-state index in [1.807, 2.05) is 29.6 Å². The fraction of sp³-hybridized carbons (Fsp3) is 0.227. The lowest BCUT2D eigenvalue weighted by Gasteiger charge is -2.11. The first-order chi connectivity index (χ1) is 14.5. The zero-order chi connectivity index (χ0) is 21.5. The third-order valence-corrected chi connectivity index (χ3v) is 6.08. The van der Waals surface area contributed by atoms with Gasteiger partial charge in [0.1, 0.15) is 10.8 Å². The summed E-state index contributed by atoms with van der Waals surface area (Å²) in [7, 11) is 5.06. The van der Waals surface area contributed by atoms with E-state index in [1.54, 1.807) is 56.8 Å². The highest BCUT2D eigenvalue weighted by Crippen LogP contribution is 2.28. The Morgan fingerprint density at radius 3 is 2.63 bits per heavy atom. The summed E-state index contributed by atoms with van der Waals surface area (Å²) in [5.41, 5.74) is 3.22. The number of nitrogens with zero attached hydrogens (tertiary/aromatic N) is 2. The van der Waals surface area contributed by atoms with E-state index in [4.69, 9.17) is 4.74 Å². The first-order valence-electron chi connectivity index (χ1n) is 9.24. The average Bonchev–Trinajstić information content (AvgIpc) is 3.22. The van der Waals surface area contributed by atoms with Crippen LogP contribution in [0.25, 0.3) is 10.6 Å². The summed E-state index contributed by atoms with van der Waals surface area (Å²) >= 11 is 3.09. The summed E-state index contributed by atoms with van der Waals surface area (Å²) in [6.45, 7) is 0. The summed E-state index contributed by atoms with van der Waals surface area (Å²) in [5.74, 6) is 1.62. The molecule has 0 unspecified atom stereocenters. The first kappa shape index (κ1) is 21.9. The van der Waals surface area contributed by atoms with Crippen LogP contribution in [-0.4, -0.2) is 48.7 Å². The van der Waals surface area contributed by atoms with Crippen LogP contribution in [0.3, 0.4) is 0 Å². The van der Waals surface area contributed by atoms with Gasteiger partial charge in [0.15, 0.2) is 0 Å². The van der Waals surface area contributed by atoms with Gasteiger partial charge < -0.3 is 15.0 Å². The minimum Gasteiger partial charge on any atom is -0.497 e. The predicted molar refractivity (Wildman–Crippen MR) is 123 cm³/mol. The third kappa shape index (κ3) is 5.84. The van der Waals surface area contributed by atoms with Crippen molar-refractivity contribution in [2.75, 3.05) is 32.3 Å². The predicted octanol–water partition coefficient (Wildman–Crippen LogP) is 4.39. The fourth-order valence-corrected chi connectivity index (χ4v) is 4.30. The number of benzene rings is 2. The number of anilines is 1. The quantitative estimate of drug-likeness (QED) is 0.561. The average molecular weight is 442 g/mol. The number of hydrogen-bond donors (Lipinski definition) is 1. The molecule has 0 bridgehead atoms. The van der Waals surface area contributed by atoms with E-state index in [2.05, 4.69) is 10.3 Å². The second kappa shape index (κ2) is 10.3. The van der Waals surface area contributed by atoms with Gasteiger partial charge in [-0.05, 0) is 36.4 Å². The van der Waals surface area contributed by atoms with Crippen LogP contribution in [-0.2, 0) is 10.5 Å². The van der Waals surface area contributed by atoms with Crippen molar-refractivity contribution in [3.63, 3.8) is 0 Å². The van der Waals surface area contributed by atoms with Gasteiger partial charge in [0, 0.05) is 42.0 Å². The zero-order valence-electron chi connectivity index (χ0n) is 17.0. The summed E-state index contributed by atoms with van der Waals surface area (Å²) in [4.78, 5) is 30.3. The van der Waals surface area contributed by atoms with Crippen molar-refractivity contribution in [3.8, 4) is 16.3 Å². The van der Waals surface area contributed by atoms with Crippen molar-refractivity contribution >= 4 is 40.6 Å². The summed E-state index contributed by atoms with van der Waals surface area (Å²) in [6, 6.07) is 14.7. The number of thiazole rings is 1. The molecule has 0 spiro atoms. The topological polar surface area (TPSA) is 71.5 Å². The molecular weight excluding hydrogens is 418 g/mol. The van der Waals surface area contributed by atoms with E-state index < -0.39 is 0 Å². The van der Waals surface area contributed by atoms with Crippen LogP contribution in [0.5, 0.6) is 5.75 Å². The molecule has 2 aromatic carbocycles. The third-order valence-electron chi connectivity index (χ3n) is 4.17. The van der Waals surface area contributed by atoms with Gasteiger partial charge in [-0.25, -0.2) is 4.98 Å². The molecule has 1 N–H and O–H groups in total. The van der Waals surface area contributed by atoms with Crippen LogP contribution >= 0.6 is 23.1 Å². The molecule has 0 aliphatic heterocycles. The van der Waals surface area contributed by atoms with Gasteiger partial charge in [0.05, 0.1) is 18.6 Å². The van der Waals surface area contributed by atoms with Gasteiger partial charge in [-0.15, -0.1) is 23.1 Å². The molecule has 30 heavy (non-hydrogen) atoms. The number of carbonyl (C=O) groups is 2. The molecule has 0 atom stereocenters. The monoisotopic (exact) mass is 441 g/mol. The van der Waals surface area contributed by atoms with Gasteiger partial charge in [0.25, 0.3) is 5.91 Å². The number of rotatable bonds is 8. The minimum atomic E-state index is -0.0880. The van der Waals surface area contributed by atoms with Crippen LogP contribution in [0.15, 0.2) is 53.9 Å². The maximum absolute atomic E-state index is 12.2. The highest BCUT2D eigenvalue weighted by molar-refractivity contribution is 7.99. The second-order valence-electron chi connectivity index (χ2n) is 6.69. The van der Waals surface area contributed by atoms with E-state index in [0.717, 1.165) is 22.0 Å². The number of hydrogen-bond acceptors (Lipinski definition) is 6. The Labute approximate surface area is 184 Å². The normalized spacial score (nSPS) is 10.5. The molecule has 0 saturated heterocycles. The van der Waals surface area contributed by atoms with E-state index in [0.29, 0.717) is 22.8 Å². The first-order valence-corrected chi connectivity index (χ1v) is 11.3. The Hall–Kier alpha value is -2.84. The molecule has 8 heteroatoms. The Morgan fingerprint density at radius 2 is 1.93 bits per heavy atom. The van der Waals surface area contributed by atoms with Crippen LogP contribution in [0.2, 0.25) is 0 Å². The van der Waals surface area contributed by atoms with Crippen molar-refractivity contribution in [1.82, 2.24) is 9.88 Å². The lowest BCUT2D eigenvalue weighted by molar-refractivity contribution is -0.113. The van der Waals surface area contributed by atoms with Crippen LogP contribution in [0.4, 0.5) is 5.69 Å². The van der Waals surface area contributed by atoms with E-state index in [-0.39, 0.29) is 11.8 Å². The molecule has 3 aromatic rings. The number of nitrogens with one attached hydrogen (secondary N) is 1. The number of methoxy groups -OCH3 is 1. The van der Waals surface area contributed by atoms with Crippen molar-refractivity contribution in [1.29, 1.82) is 0 Å². The number of carbonyl (C=O) groups excluding carboxylic acids is 2. The smallest absolute Gasteiger partial charge is 0.253 e. The van der Waals surface area contributed by atoms with Crippen molar-refractivity contribution in [2.45, 2.75) is 5.75 Å². The van der Waals surface area contributed by atoms with Gasteiger partial charge in [0.2, 0.25) is 5.91 Å². The van der Waals surface area contributed by atoms with E-state index >= 15 is 0 Å². The van der Waals surface area contributed by atoms with Crippen LogP contribution in [0, 0.1) is 0 Å². The summed E-state index contributed by atoms with van der Waals surface area (Å²) in [5, 5.41) is 5.80. The maximum atomic E-state index is 12.2. The largest absolute Gasteiger partial charge is 0.497 e. The number of aromatic nitrogens is 1. The van der Waals surface area contributed by atoms with Crippen molar-refractivity contribution in [2.24, 2.45) is 0 Å². The molecule has 0 saturated carbocycles. The molecule has 156 valence electrons. The molecular formula is C22H23N3O3S2. The van der Waals surface area contributed by atoms with E-state index in [9.17, 15) is 9.59 Å². The highest BCUT2D eigenvalue weighted by Gasteiger charge is 2.10. The standard InChI is InChI=1S/C22H23N3O3S2/c1-25(2)22(27)15-7-9-17(10-8-15)23-20(26)14-29-12-18-13-30-21(24-18)16-5-4-6-19(11-16)28-3/h4-11,13H,12,14H2,1-3H3,(H,23,26). The second-order valence-corrected chi connectivity index (χ2v) is 8.54. The lowest BCUT2D eigenvalue weighted by atomic mass is 10.2. The molecule has 0 radical (unpaired) electrons. The Kier molecular flexibility index (Phi) is 7.48. The minimum absolute atomic E-state index is 0.0694. The maximum Gasteiger partial charge on any atom is 0.253 e. The van der Waals surface area contributed by atoms with Crippen molar-refractivity contribution in [3.05, 3.63) is 65.2 Å². The lowest BCUT2D eigenvalue weighted by Crippen LogP contribution is -2.21. The Bertz CT molecular complexity index is 1020. The summed E-state index contributed by atoms with van der Waals surface area (Å²) in [6.07, 6.45) is 0. The van der Waals surface area contributed by atoms with E-state index in [1.165, 1.54) is 16.7 Å². The Balaban J connectivity index is 1.48. The van der Waals surface area contributed by atoms with Crippen molar-refractivity contribution < 1.29 is 14.3 Å². The molecule has 6 nitrogen and oxygen atoms in total. The molecule has 0 fully saturated rings. The zero-order valence-corrected chi connectivity index (χ0v) is 18.7. The number of ether oxygens (including phenoxy) is 1. The summed E-state index contributed by atoms with van der Waals surface area (Å²) < 4.78 is 5.26. The molecule has 1 aromatic heterocycles. The Morgan fingerprint density at radius 1 is 1.17 bits per heavy atom. The molecule has 1 heterocycles. The van der Waals surface area contributed by atoms with Gasteiger partial charge >= 0.3 is 0 Å². The highest BCUT2D eigenvalue weighted by atomic mass is 32.2. The number of thioether (sulfide) groups is 1. The molecule has 0 aliphatic rings. The van der Waals surface area contributed by atoms with Crippen LogP contribution < -0.4 is 10.1 Å². The fourth-order valence-electron chi connectivity index (χ4n) is 2.66. The van der Waals surface area contributed by atoms with Gasteiger partial charge in [-0.3, -0.25) is 9.59 Å². The molecule has 3 rings (SSSR count). The van der Waals surface area contributed by atoms with Crippen LogP contribution in [0.1, 0.15) is 16.1 Å². The molecule has 2 amide bonds.